The summed E-state index contributed by atoms with van der Waals surface area (Å²) in [6.45, 7) is 9.00. The summed E-state index contributed by atoms with van der Waals surface area (Å²) >= 11 is 0. The van der Waals surface area contributed by atoms with Gasteiger partial charge in [-0.2, -0.15) is 0 Å². The first-order chi connectivity index (χ1) is 6.76. The van der Waals surface area contributed by atoms with Crippen LogP contribution in [0.5, 0.6) is 5.75 Å². The van der Waals surface area contributed by atoms with E-state index in [0.717, 1.165) is 0 Å². The molecular weight excluding hydrogens is 176 g/mol. The van der Waals surface area contributed by atoms with Crippen molar-refractivity contribution in [3.8, 4) is 5.75 Å². The maximum Gasteiger partial charge on any atom is 0.164 e. The predicted octanol–water partition coefficient (Wildman–Crippen LogP) is 2.42. The molecule has 0 radical (unpaired) electrons. The fraction of sp³-hybridized carbons (Fsp3) is 0.0909. The topological polar surface area (TPSA) is 35.0 Å². The lowest BCUT2D eigenvalue weighted by molar-refractivity contribution is 0.440. The van der Waals surface area contributed by atoms with Crippen LogP contribution >= 0.6 is 0 Å². The lowest BCUT2D eigenvalue weighted by Gasteiger charge is -2.04. The Morgan fingerprint density at radius 1 is 1.36 bits per heavy atom. The quantitative estimate of drug-likeness (QED) is 0.537. The molecule has 14 heavy (non-hydrogen) atoms. The third-order valence-electron chi connectivity index (χ3n) is 1.48. The van der Waals surface area contributed by atoms with Gasteiger partial charge >= 0.3 is 0 Å². The number of hydrogen-bond acceptors (Lipinski definition) is 3. The standard InChI is InChI=1S/C11H12N2O/c1-4-6-10(5-2)14-11-7-12-9(3)13-8-11/h4-8H,1-2H2,3H3/b10-6+. The molecule has 0 N–H and O–H groups in total. The molecule has 3 heteroatoms. The van der Waals surface area contributed by atoms with Gasteiger partial charge < -0.3 is 4.74 Å². The molecule has 0 aliphatic rings. The van der Waals surface area contributed by atoms with Crippen LogP contribution < -0.4 is 4.74 Å². The molecule has 0 fully saturated rings. The van der Waals surface area contributed by atoms with Crippen LogP contribution in [0, 0.1) is 6.92 Å². The van der Waals surface area contributed by atoms with Crippen LogP contribution in [-0.2, 0) is 0 Å². The van der Waals surface area contributed by atoms with Crippen LogP contribution in [0.2, 0.25) is 0 Å². The molecule has 0 atom stereocenters. The summed E-state index contributed by atoms with van der Waals surface area (Å²) in [5.74, 6) is 1.92. The molecule has 0 aliphatic heterocycles. The van der Waals surface area contributed by atoms with E-state index >= 15 is 0 Å². The van der Waals surface area contributed by atoms with Crippen LogP contribution in [0.25, 0.3) is 0 Å². The van der Waals surface area contributed by atoms with Crippen molar-refractivity contribution in [1.82, 2.24) is 9.97 Å². The largest absolute Gasteiger partial charge is 0.454 e. The Kier molecular flexibility index (Phi) is 3.61. The summed E-state index contributed by atoms with van der Waals surface area (Å²) in [5.41, 5.74) is 0. The molecular formula is C11H12N2O. The molecule has 1 rings (SSSR count). The van der Waals surface area contributed by atoms with Crippen LogP contribution in [0.15, 0.2) is 49.5 Å². The van der Waals surface area contributed by atoms with E-state index in [4.69, 9.17) is 4.74 Å². The number of ether oxygens (including phenoxy) is 1. The fourth-order valence-corrected chi connectivity index (χ4v) is 0.829. The van der Waals surface area contributed by atoms with E-state index in [1.165, 1.54) is 0 Å². The number of aryl methyl sites for hydroxylation is 1. The first kappa shape index (κ1) is 10.2. The molecule has 1 aromatic rings. The van der Waals surface area contributed by atoms with Crippen molar-refractivity contribution in [1.29, 1.82) is 0 Å². The molecule has 0 amide bonds. The zero-order valence-electron chi connectivity index (χ0n) is 8.10. The molecule has 0 aliphatic carbocycles. The first-order valence-corrected chi connectivity index (χ1v) is 4.18. The zero-order valence-corrected chi connectivity index (χ0v) is 8.10. The minimum absolute atomic E-state index is 0.587. The molecule has 0 saturated heterocycles. The van der Waals surface area contributed by atoms with Crippen LogP contribution in [-0.4, -0.2) is 9.97 Å². The van der Waals surface area contributed by atoms with Crippen molar-refractivity contribution >= 4 is 0 Å². The Labute approximate surface area is 83.5 Å². The number of nitrogens with zero attached hydrogens (tertiary/aromatic N) is 2. The van der Waals surface area contributed by atoms with Gasteiger partial charge in [-0.3, -0.25) is 0 Å². The summed E-state index contributed by atoms with van der Waals surface area (Å²) in [6, 6.07) is 0. The van der Waals surface area contributed by atoms with Gasteiger partial charge in [0.15, 0.2) is 5.75 Å². The highest BCUT2D eigenvalue weighted by Gasteiger charge is 1.96. The maximum absolute atomic E-state index is 5.41. The molecule has 0 saturated carbocycles. The van der Waals surface area contributed by atoms with Crippen molar-refractivity contribution in [2.24, 2.45) is 0 Å². The summed E-state index contributed by atoms with van der Waals surface area (Å²) in [7, 11) is 0. The third-order valence-corrected chi connectivity index (χ3v) is 1.48. The minimum Gasteiger partial charge on any atom is -0.454 e. The highest BCUT2D eigenvalue weighted by atomic mass is 16.5. The monoisotopic (exact) mass is 188 g/mol. The zero-order chi connectivity index (χ0) is 10.4. The van der Waals surface area contributed by atoms with Crippen molar-refractivity contribution in [3.63, 3.8) is 0 Å². The highest BCUT2D eigenvalue weighted by Crippen LogP contribution is 2.11. The summed E-state index contributed by atoms with van der Waals surface area (Å²) in [5, 5.41) is 0. The van der Waals surface area contributed by atoms with Crippen molar-refractivity contribution in [2.45, 2.75) is 6.92 Å². The Morgan fingerprint density at radius 3 is 2.50 bits per heavy atom. The normalized spacial score (nSPS) is 10.8. The van der Waals surface area contributed by atoms with Gasteiger partial charge in [-0.1, -0.05) is 19.2 Å². The molecule has 3 nitrogen and oxygen atoms in total. The molecule has 72 valence electrons. The molecule has 1 heterocycles. The van der Waals surface area contributed by atoms with Crippen molar-refractivity contribution in [2.75, 3.05) is 0 Å². The SMILES string of the molecule is C=C/C=C(\C=C)Oc1cnc(C)nc1. The maximum atomic E-state index is 5.41. The summed E-state index contributed by atoms with van der Waals surface area (Å²) < 4.78 is 5.41. The molecule has 0 unspecified atom stereocenters. The van der Waals surface area contributed by atoms with E-state index in [2.05, 4.69) is 23.1 Å². The van der Waals surface area contributed by atoms with E-state index in [-0.39, 0.29) is 0 Å². The average molecular weight is 188 g/mol. The molecule has 0 aromatic carbocycles. The second-order valence-corrected chi connectivity index (χ2v) is 2.58. The number of hydrogen-bond donors (Lipinski definition) is 0. The second-order valence-electron chi connectivity index (χ2n) is 2.58. The van der Waals surface area contributed by atoms with Gasteiger partial charge in [-0.05, 0) is 19.1 Å². The average Bonchev–Trinajstić information content (AvgIpc) is 2.20. The molecule has 1 aromatic heterocycles. The van der Waals surface area contributed by atoms with Gasteiger partial charge in [-0.15, -0.1) is 0 Å². The van der Waals surface area contributed by atoms with Gasteiger partial charge in [-0.25, -0.2) is 9.97 Å². The summed E-state index contributed by atoms with van der Waals surface area (Å²) in [4.78, 5) is 8.01. The predicted molar refractivity (Wildman–Crippen MR) is 55.9 cm³/mol. The van der Waals surface area contributed by atoms with Gasteiger partial charge in [0.05, 0.1) is 12.4 Å². The van der Waals surface area contributed by atoms with Gasteiger partial charge in [0, 0.05) is 0 Å². The first-order valence-electron chi connectivity index (χ1n) is 4.18. The molecule has 0 spiro atoms. The Hall–Kier alpha value is -1.90. The minimum atomic E-state index is 0.587. The lowest BCUT2D eigenvalue weighted by atomic mass is 10.4. The van der Waals surface area contributed by atoms with E-state index < -0.39 is 0 Å². The lowest BCUT2D eigenvalue weighted by Crippen LogP contribution is -1.94. The summed E-state index contributed by atoms with van der Waals surface area (Å²) in [6.07, 6.45) is 8.17. The second kappa shape index (κ2) is 4.97. The third kappa shape index (κ3) is 2.86. The van der Waals surface area contributed by atoms with E-state index in [9.17, 15) is 0 Å². The van der Waals surface area contributed by atoms with Crippen molar-refractivity contribution in [3.05, 3.63) is 55.4 Å². The van der Waals surface area contributed by atoms with E-state index in [1.807, 2.05) is 6.92 Å². The van der Waals surface area contributed by atoms with E-state index in [0.29, 0.717) is 17.3 Å². The molecule has 0 bridgehead atoms. The Bertz CT molecular complexity index is 352. The smallest absolute Gasteiger partial charge is 0.164 e. The highest BCUT2D eigenvalue weighted by molar-refractivity contribution is 5.22. The number of rotatable bonds is 4. The number of aromatic nitrogens is 2. The van der Waals surface area contributed by atoms with Crippen LogP contribution in [0.4, 0.5) is 0 Å². The van der Waals surface area contributed by atoms with E-state index in [1.54, 1.807) is 30.6 Å². The van der Waals surface area contributed by atoms with Crippen molar-refractivity contribution < 1.29 is 4.74 Å². The van der Waals surface area contributed by atoms with Gasteiger partial charge in [0.1, 0.15) is 11.6 Å². The Balaban J connectivity index is 2.77. The van der Waals surface area contributed by atoms with Crippen LogP contribution in [0.1, 0.15) is 5.82 Å². The number of allylic oxidation sites excluding steroid dienone is 3. The van der Waals surface area contributed by atoms with Gasteiger partial charge in [0.25, 0.3) is 0 Å². The van der Waals surface area contributed by atoms with Crippen LogP contribution in [0.3, 0.4) is 0 Å². The Morgan fingerprint density at radius 2 is 2.00 bits per heavy atom. The fourth-order valence-electron chi connectivity index (χ4n) is 0.829. The van der Waals surface area contributed by atoms with Gasteiger partial charge in [0.2, 0.25) is 0 Å².